The summed E-state index contributed by atoms with van der Waals surface area (Å²) >= 11 is 0. The quantitative estimate of drug-likeness (QED) is 0.538. The van der Waals surface area contributed by atoms with E-state index in [9.17, 15) is 18.0 Å². The molecule has 1 heterocycles. The molecule has 170 valence electrons. The number of ether oxygens (including phenoxy) is 2. The molecule has 0 aromatic heterocycles. The van der Waals surface area contributed by atoms with Crippen LogP contribution in [0.15, 0.2) is 72.8 Å². The molecule has 1 aliphatic rings. The maximum Gasteiger partial charge on any atom is 0.337 e. The van der Waals surface area contributed by atoms with Crippen molar-refractivity contribution in [1.29, 1.82) is 0 Å². The molecule has 1 amide bonds. The highest BCUT2D eigenvalue weighted by Crippen LogP contribution is 2.34. The van der Waals surface area contributed by atoms with Crippen LogP contribution in [0.5, 0.6) is 5.75 Å². The number of amides is 1. The van der Waals surface area contributed by atoms with Gasteiger partial charge in [0.2, 0.25) is 0 Å². The van der Waals surface area contributed by atoms with Gasteiger partial charge in [0.1, 0.15) is 18.9 Å². The maximum atomic E-state index is 12.4. The fourth-order valence-electron chi connectivity index (χ4n) is 3.55. The van der Waals surface area contributed by atoms with E-state index in [1.54, 1.807) is 36.4 Å². The first-order valence-electron chi connectivity index (χ1n) is 10.2. The van der Waals surface area contributed by atoms with E-state index in [1.165, 1.54) is 7.11 Å². The largest absolute Gasteiger partial charge is 0.487 e. The highest BCUT2D eigenvalue weighted by Gasteiger charge is 2.35. The van der Waals surface area contributed by atoms with Gasteiger partial charge in [0.05, 0.1) is 18.4 Å². The van der Waals surface area contributed by atoms with Crippen molar-refractivity contribution in [2.45, 2.75) is 13.0 Å². The first-order chi connectivity index (χ1) is 15.9. The zero-order valence-electron chi connectivity index (χ0n) is 17.9. The molecule has 4 rings (SSSR count). The Hall–Kier alpha value is -3.85. The van der Waals surface area contributed by atoms with Crippen molar-refractivity contribution in [2.75, 3.05) is 18.0 Å². The Balaban J connectivity index is 1.65. The zero-order valence-corrected chi connectivity index (χ0v) is 18.7. The average Bonchev–Trinajstić information content (AvgIpc) is 3.09. The summed E-state index contributed by atoms with van der Waals surface area (Å²) in [5.41, 5.74) is 3.36. The summed E-state index contributed by atoms with van der Waals surface area (Å²) in [5.74, 6) is -0.691. The van der Waals surface area contributed by atoms with Crippen LogP contribution in [0.25, 0.3) is 0 Å². The molecule has 1 saturated heterocycles. The van der Waals surface area contributed by atoms with Crippen LogP contribution in [0.1, 0.15) is 27.0 Å². The molecule has 0 aliphatic carbocycles. The lowest BCUT2D eigenvalue weighted by Crippen LogP contribution is -2.29. The molecule has 9 heteroatoms. The van der Waals surface area contributed by atoms with Crippen LogP contribution in [0.4, 0.5) is 5.69 Å². The summed E-state index contributed by atoms with van der Waals surface area (Å²) in [6.07, 6.45) is 0.483. The predicted molar refractivity (Wildman–Crippen MR) is 122 cm³/mol. The van der Waals surface area contributed by atoms with E-state index in [0.29, 0.717) is 17.7 Å². The molecule has 0 spiro atoms. The lowest BCUT2D eigenvalue weighted by molar-refractivity contribution is -0.117. The third-order valence-electron chi connectivity index (χ3n) is 5.11. The lowest BCUT2D eigenvalue weighted by atomic mass is 10.0. The van der Waals surface area contributed by atoms with E-state index < -0.39 is 22.1 Å². The van der Waals surface area contributed by atoms with E-state index in [2.05, 4.69) is 0 Å². The first kappa shape index (κ1) is 22.3. The normalized spacial score (nSPS) is 14.6. The number of nitrogens with zero attached hydrogens (tertiary/aromatic N) is 1. The summed E-state index contributed by atoms with van der Waals surface area (Å²) in [7, 11) is -2.65. The second kappa shape index (κ2) is 9.33. The smallest absolute Gasteiger partial charge is 0.337 e. The topological polar surface area (TPSA) is 102 Å². The maximum absolute atomic E-state index is 12.4. The van der Waals surface area contributed by atoms with Crippen LogP contribution >= 0.6 is 0 Å². The second-order valence-electron chi connectivity index (χ2n) is 7.48. The summed E-state index contributed by atoms with van der Waals surface area (Å²) in [6.45, 7) is -0.0884. The van der Waals surface area contributed by atoms with Gasteiger partial charge in [-0.05, 0) is 47.4 Å². The summed E-state index contributed by atoms with van der Waals surface area (Å²) in [4.78, 5) is 23.6. The fourth-order valence-corrected chi connectivity index (χ4v) is 4.71. The van der Waals surface area contributed by atoms with Gasteiger partial charge < -0.3 is 9.47 Å². The molecule has 0 atom stereocenters. The molecule has 1 N–H and O–H groups in total. The van der Waals surface area contributed by atoms with Crippen LogP contribution < -0.4 is 13.8 Å². The second-order valence-corrected chi connectivity index (χ2v) is 9.08. The molecule has 0 radical (unpaired) electrons. The van der Waals surface area contributed by atoms with Gasteiger partial charge in [0, 0.05) is 0 Å². The highest BCUT2D eigenvalue weighted by atomic mass is 32.2. The lowest BCUT2D eigenvalue weighted by Gasteiger charge is -2.20. The van der Waals surface area contributed by atoms with Gasteiger partial charge in [-0.1, -0.05) is 48.5 Å². The van der Waals surface area contributed by atoms with Gasteiger partial charge in [-0.3, -0.25) is 4.79 Å². The van der Waals surface area contributed by atoms with E-state index in [0.717, 1.165) is 21.0 Å². The number of benzene rings is 3. The Morgan fingerprint density at radius 2 is 1.70 bits per heavy atom. The Morgan fingerprint density at radius 1 is 0.970 bits per heavy atom. The van der Waals surface area contributed by atoms with E-state index in [-0.39, 0.29) is 18.8 Å². The van der Waals surface area contributed by atoms with Crippen molar-refractivity contribution in [3.63, 3.8) is 0 Å². The minimum atomic E-state index is -3.98. The van der Waals surface area contributed by atoms with Crippen molar-refractivity contribution < 1.29 is 27.5 Å². The number of hydrogen-bond acceptors (Lipinski definition) is 6. The van der Waals surface area contributed by atoms with Gasteiger partial charge in [-0.2, -0.15) is 8.42 Å². The summed E-state index contributed by atoms with van der Waals surface area (Å²) in [6, 6.07) is 21.7. The summed E-state index contributed by atoms with van der Waals surface area (Å²) < 4.78 is 38.6. The van der Waals surface area contributed by atoms with Crippen LogP contribution in [0.3, 0.4) is 0 Å². The molecule has 0 saturated carbocycles. The number of methoxy groups -OCH3 is 1. The Bertz CT molecular complexity index is 1290. The van der Waals surface area contributed by atoms with Gasteiger partial charge in [0.25, 0.3) is 5.91 Å². The van der Waals surface area contributed by atoms with Crippen LogP contribution in [-0.2, 0) is 32.8 Å². The van der Waals surface area contributed by atoms with E-state index in [4.69, 9.17) is 9.47 Å². The molecule has 1 aliphatic heterocycles. The third-order valence-corrected chi connectivity index (χ3v) is 6.50. The van der Waals surface area contributed by atoms with Crippen molar-refractivity contribution >= 4 is 27.8 Å². The number of esters is 1. The summed E-state index contributed by atoms with van der Waals surface area (Å²) in [5, 5.41) is 0. The number of carbonyl (C=O) groups is 2. The molecular formula is C24H22N2O6S. The fraction of sp³-hybridized carbons (Fsp3) is 0.167. The van der Waals surface area contributed by atoms with E-state index >= 15 is 0 Å². The van der Waals surface area contributed by atoms with Crippen LogP contribution in [0.2, 0.25) is 0 Å². The zero-order chi connectivity index (χ0) is 23.4. The Labute approximate surface area is 191 Å². The number of nitrogens with one attached hydrogen (secondary N) is 1. The molecule has 3 aromatic carbocycles. The van der Waals surface area contributed by atoms with Crippen LogP contribution in [0, 0.1) is 0 Å². The molecule has 33 heavy (non-hydrogen) atoms. The van der Waals surface area contributed by atoms with Crippen LogP contribution in [-0.4, -0.2) is 33.9 Å². The monoisotopic (exact) mass is 466 g/mol. The van der Waals surface area contributed by atoms with Crippen molar-refractivity contribution in [3.05, 3.63) is 95.1 Å². The van der Waals surface area contributed by atoms with E-state index in [1.807, 2.05) is 41.1 Å². The number of rotatable bonds is 7. The van der Waals surface area contributed by atoms with Crippen molar-refractivity contribution in [2.24, 2.45) is 0 Å². The number of carbonyl (C=O) groups excluding carboxylic acids is 2. The number of hydrogen-bond donors (Lipinski definition) is 1. The molecular weight excluding hydrogens is 444 g/mol. The minimum absolute atomic E-state index is 0.227. The van der Waals surface area contributed by atoms with Crippen molar-refractivity contribution in [3.8, 4) is 5.75 Å². The molecule has 3 aromatic rings. The van der Waals surface area contributed by atoms with Gasteiger partial charge >= 0.3 is 16.2 Å². The standard InChI is InChI=1S/C24H22N2O6S/c1-31-24(28)20-9-5-8-18(13-20)12-19-10-11-21(26-15-23(27)25-33(26,29)30)22(14-19)32-16-17-6-3-2-4-7-17/h2-11,13-14H,12,15-16H2,1H3,(H,25,27). The first-order valence-corrected chi connectivity index (χ1v) is 11.6. The molecule has 8 nitrogen and oxygen atoms in total. The molecule has 0 unspecified atom stereocenters. The SMILES string of the molecule is COC(=O)c1cccc(Cc2ccc(N3CC(=O)NS3(=O)=O)c(OCc3ccccc3)c2)c1. The molecule has 0 bridgehead atoms. The third kappa shape index (κ3) is 5.15. The average molecular weight is 467 g/mol. The molecule has 1 fully saturated rings. The van der Waals surface area contributed by atoms with Gasteiger partial charge in [-0.25, -0.2) is 13.8 Å². The Kier molecular flexibility index (Phi) is 6.32. The number of anilines is 1. The van der Waals surface area contributed by atoms with Gasteiger partial charge in [-0.15, -0.1) is 0 Å². The predicted octanol–water partition coefficient (Wildman–Crippen LogP) is 2.82. The van der Waals surface area contributed by atoms with Crippen molar-refractivity contribution in [1.82, 2.24) is 4.72 Å². The Morgan fingerprint density at radius 3 is 2.39 bits per heavy atom. The highest BCUT2D eigenvalue weighted by molar-refractivity contribution is 7.92. The minimum Gasteiger partial charge on any atom is -0.487 e. The van der Waals surface area contributed by atoms with Gasteiger partial charge in [0.15, 0.2) is 0 Å².